The second-order valence-corrected chi connectivity index (χ2v) is 6.66. The Bertz CT molecular complexity index is 585. The first-order valence-electron chi connectivity index (χ1n) is 7.85. The first-order chi connectivity index (χ1) is 9.85. The van der Waals surface area contributed by atoms with Crippen molar-refractivity contribution in [1.29, 1.82) is 0 Å². The van der Waals surface area contributed by atoms with Crippen LogP contribution in [0.5, 0.6) is 0 Å². The number of aryl methyl sites for hydroxylation is 2. The van der Waals surface area contributed by atoms with E-state index in [9.17, 15) is 0 Å². The Hall–Kier alpha value is -1.16. The number of anilines is 1. The molecule has 0 fully saturated rings. The van der Waals surface area contributed by atoms with Crippen molar-refractivity contribution in [2.75, 3.05) is 18.0 Å². The second-order valence-electron chi connectivity index (χ2n) is 5.58. The third kappa shape index (κ3) is 2.41. The van der Waals surface area contributed by atoms with Gasteiger partial charge in [-0.15, -0.1) is 11.3 Å². The number of fused-ring (bicyclic) bond motifs is 3. The molecule has 0 unspecified atom stereocenters. The zero-order valence-electron chi connectivity index (χ0n) is 12.5. The van der Waals surface area contributed by atoms with Gasteiger partial charge in [0.25, 0.3) is 0 Å². The largest absolute Gasteiger partial charge is 0.356 e. The molecule has 0 saturated heterocycles. The summed E-state index contributed by atoms with van der Waals surface area (Å²) in [5.41, 5.74) is 1.55. The minimum atomic E-state index is 1.09. The van der Waals surface area contributed by atoms with Gasteiger partial charge in [-0.05, 0) is 44.1 Å². The second kappa shape index (κ2) is 6.08. The van der Waals surface area contributed by atoms with Crippen molar-refractivity contribution >= 4 is 27.4 Å². The zero-order chi connectivity index (χ0) is 13.9. The fraction of sp³-hybridized carbons (Fsp3) is 0.625. The van der Waals surface area contributed by atoms with Crippen LogP contribution in [-0.2, 0) is 12.8 Å². The first kappa shape index (κ1) is 13.8. The van der Waals surface area contributed by atoms with E-state index in [0.29, 0.717) is 0 Å². The average Bonchev–Trinajstić information content (AvgIpc) is 2.85. The quantitative estimate of drug-likeness (QED) is 0.826. The standard InChI is InChI=1S/C16H23N3S/c1-3-9-19(10-4-2)15-14-12-7-5-6-8-13(12)20-16(14)18-11-17-15/h11H,3-10H2,1-2H3. The molecule has 0 aromatic carbocycles. The summed E-state index contributed by atoms with van der Waals surface area (Å²) in [4.78, 5) is 14.4. The van der Waals surface area contributed by atoms with Crippen LogP contribution in [0.2, 0.25) is 0 Å². The molecular formula is C16H23N3S. The highest BCUT2D eigenvalue weighted by Crippen LogP contribution is 2.39. The van der Waals surface area contributed by atoms with Gasteiger partial charge < -0.3 is 4.90 Å². The fourth-order valence-electron chi connectivity index (χ4n) is 3.18. The number of aromatic nitrogens is 2. The Labute approximate surface area is 125 Å². The monoisotopic (exact) mass is 289 g/mol. The summed E-state index contributed by atoms with van der Waals surface area (Å²) < 4.78 is 0. The lowest BCUT2D eigenvalue weighted by atomic mass is 9.97. The minimum absolute atomic E-state index is 1.09. The van der Waals surface area contributed by atoms with Gasteiger partial charge in [0.1, 0.15) is 17.0 Å². The third-order valence-electron chi connectivity index (χ3n) is 4.02. The van der Waals surface area contributed by atoms with Crippen LogP contribution in [0.25, 0.3) is 10.2 Å². The number of rotatable bonds is 5. The highest BCUT2D eigenvalue weighted by atomic mass is 32.1. The van der Waals surface area contributed by atoms with E-state index in [-0.39, 0.29) is 0 Å². The van der Waals surface area contributed by atoms with Gasteiger partial charge in [-0.2, -0.15) is 0 Å². The number of thiophene rings is 1. The molecular weight excluding hydrogens is 266 g/mol. The van der Waals surface area contributed by atoms with Crippen molar-refractivity contribution in [2.24, 2.45) is 0 Å². The molecule has 0 atom stereocenters. The Morgan fingerprint density at radius 2 is 1.85 bits per heavy atom. The lowest BCUT2D eigenvalue weighted by Gasteiger charge is -2.24. The van der Waals surface area contributed by atoms with Gasteiger partial charge in [0.2, 0.25) is 0 Å². The summed E-state index contributed by atoms with van der Waals surface area (Å²) in [5, 5.41) is 1.36. The molecule has 2 aromatic heterocycles. The maximum Gasteiger partial charge on any atom is 0.141 e. The van der Waals surface area contributed by atoms with Gasteiger partial charge in [-0.1, -0.05) is 13.8 Å². The van der Waals surface area contributed by atoms with Gasteiger partial charge in [0.15, 0.2) is 0 Å². The fourth-order valence-corrected chi connectivity index (χ4v) is 4.40. The lowest BCUT2D eigenvalue weighted by Crippen LogP contribution is -2.26. The molecule has 2 aromatic rings. The van der Waals surface area contributed by atoms with Crippen LogP contribution in [-0.4, -0.2) is 23.1 Å². The normalized spacial score (nSPS) is 14.5. The Kier molecular flexibility index (Phi) is 4.20. The number of hydrogen-bond acceptors (Lipinski definition) is 4. The summed E-state index contributed by atoms with van der Waals surface area (Å²) in [6.45, 7) is 6.66. The van der Waals surface area contributed by atoms with E-state index in [1.54, 1.807) is 16.8 Å². The van der Waals surface area contributed by atoms with Crippen LogP contribution >= 0.6 is 11.3 Å². The van der Waals surface area contributed by atoms with E-state index >= 15 is 0 Å². The molecule has 2 heterocycles. The maximum atomic E-state index is 4.65. The topological polar surface area (TPSA) is 29.0 Å². The molecule has 3 nitrogen and oxygen atoms in total. The average molecular weight is 289 g/mol. The van der Waals surface area contributed by atoms with Crippen molar-refractivity contribution in [3.8, 4) is 0 Å². The smallest absolute Gasteiger partial charge is 0.141 e. The molecule has 4 heteroatoms. The van der Waals surface area contributed by atoms with E-state index in [0.717, 1.165) is 25.9 Å². The van der Waals surface area contributed by atoms with Crippen LogP contribution in [0.3, 0.4) is 0 Å². The van der Waals surface area contributed by atoms with Gasteiger partial charge in [0, 0.05) is 18.0 Å². The molecule has 1 aliphatic rings. The molecule has 0 spiro atoms. The summed E-state index contributed by atoms with van der Waals surface area (Å²) >= 11 is 1.89. The van der Waals surface area contributed by atoms with Crippen molar-refractivity contribution in [3.63, 3.8) is 0 Å². The molecule has 108 valence electrons. The highest BCUT2D eigenvalue weighted by molar-refractivity contribution is 7.19. The van der Waals surface area contributed by atoms with Crippen molar-refractivity contribution in [2.45, 2.75) is 52.4 Å². The predicted molar refractivity (Wildman–Crippen MR) is 86.9 cm³/mol. The van der Waals surface area contributed by atoms with Gasteiger partial charge in [-0.3, -0.25) is 0 Å². The Balaban J connectivity index is 2.11. The Morgan fingerprint density at radius 1 is 1.10 bits per heavy atom. The first-order valence-corrected chi connectivity index (χ1v) is 8.67. The third-order valence-corrected chi connectivity index (χ3v) is 5.22. The zero-order valence-corrected chi connectivity index (χ0v) is 13.3. The molecule has 0 amide bonds. The molecule has 0 aliphatic heterocycles. The van der Waals surface area contributed by atoms with E-state index in [1.165, 1.54) is 41.7 Å². The van der Waals surface area contributed by atoms with E-state index < -0.39 is 0 Å². The van der Waals surface area contributed by atoms with Crippen LogP contribution in [0, 0.1) is 0 Å². The van der Waals surface area contributed by atoms with Crippen LogP contribution in [0.15, 0.2) is 6.33 Å². The Morgan fingerprint density at radius 3 is 2.60 bits per heavy atom. The van der Waals surface area contributed by atoms with Crippen LogP contribution < -0.4 is 4.90 Å². The summed E-state index contributed by atoms with van der Waals surface area (Å²) in [6, 6.07) is 0. The van der Waals surface area contributed by atoms with Gasteiger partial charge >= 0.3 is 0 Å². The van der Waals surface area contributed by atoms with Crippen molar-refractivity contribution in [1.82, 2.24) is 9.97 Å². The molecule has 0 N–H and O–H groups in total. The van der Waals surface area contributed by atoms with Crippen LogP contribution in [0.1, 0.15) is 50.0 Å². The minimum Gasteiger partial charge on any atom is -0.356 e. The molecule has 0 bridgehead atoms. The van der Waals surface area contributed by atoms with E-state index in [2.05, 4.69) is 28.7 Å². The summed E-state index contributed by atoms with van der Waals surface area (Å²) in [5.74, 6) is 1.18. The maximum absolute atomic E-state index is 4.65. The molecule has 0 radical (unpaired) electrons. The van der Waals surface area contributed by atoms with E-state index in [1.807, 2.05) is 11.3 Å². The molecule has 0 saturated carbocycles. The van der Waals surface area contributed by atoms with Crippen LogP contribution in [0.4, 0.5) is 5.82 Å². The predicted octanol–water partition coefficient (Wildman–Crippen LogP) is 4.20. The molecule has 1 aliphatic carbocycles. The van der Waals surface area contributed by atoms with Crippen molar-refractivity contribution in [3.05, 3.63) is 16.8 Å². The highest BCUT2D eigenvalue weighted by Gasteiger charge is 2.21. The van der Waals surface area contributed by atoms with Gasteiger partial charge in [-0.25, -0.2) is 9.97 Å². The summed E-state index contributed by atoms with van der Waals surface area (Å²) in [6.07, 6.45) is 9.16. The van der Waals surface area contributed by atoms with Crippen molar-refractivity contribution < 1.29 is 0 Å². The number of hydrogen-bond donors (Lipinski definition) is 0. The molecule has 3 rings (SSSR count). The van der Waals surface area contributed by atoms with E-state index in [4.69, 9.17) is 0 Å². The number of nitrogens with zero attached hydrogens (tertiary/aromatic N) is 3. The van der Waals surface area contributed by atoms with Gasteiger partial charge in [0.05, 0.1) is 5.39 Å². The summed E-state index contributed by atoms with van der Waals surface area (Å²) in [7, 11) is 0. The molecule has 20 heavy (non-hydrogen) atoms. The SMILES string of the molecule is CCCN(CCC)c1ncnc2sc3c(c12)CCCC3. The lowest BCUT2D eigenvalue weighted by molar-refractivity contribution is 0.698.